The van der Waals surface area contributed by atoms with Gasteiger partial charge in [0.2, 0.25) is 0 Å². The van der Waals surface area contributed by atoms with E-state index in [1.807, 2.05) is 6.07 Å². The Morgan fingerprint density at radius 2 is 2.04 bits per heavy atom. The molecule has 27 heavy (non-hydrogen) atoms. The van der Waals surface area contributed by atoms with Gasteiger partial charge in [-0.15, -0.1) is 0 Å². The van der Waals surface area contributed by atoms with Crippen molar-refractivity contribution in [3.63, 3.8) is 0 Å². The third-order valence-corrected chi connectivity index (χ3v) is 3.96. The van der Waals surface area contributed by atoms with E-state index >= 15 is 0 Å². The lowest BCUT2D eigenvalue weighted by molar-refractivity contribution is 0.284. The van der Waals surface area contributed by atoms with E-state index in [9.17, 15) is 4.39 Å². The van der Waals surface area contributed by atoms with Gasteiger partial charge in [0.1, 0.15) is 24.6 Å². The van der Waals surface area contributed by atoms with Gasteiger partial charge in [0, 0.05) is 11.8 Å². The summed E-state index contributed by atoms with van der Waals surface area (Å²) in [5.41, 5.74) is 2.16. The average molecular weight is 365 g/mol. The summed E-state index contributed by atoms with van der Waals surface area (Å²) in [5.74, 6) is 1.44. The Morgan fingerprint density at radius 3 is 2.89 bits per heavy atom. The lowest BCUT2D eigenvalue weighted by atomic mass is 10.2. The Balaban J connectivity index is 1.53. The summed E-state index contributed by atoms with van der Waals surface area (Å²) in [5, 5.41) is 10.8. The zero-order valence-electron chi connectivity index (χ0n) is 14.4. The molecule has 0 fully saturated rings. The zero-order chi connectivity index (χ0) is 18.6. The number of hydrogen-bond donors (Lipinski definition) is 2. The molecule has 4 rings (SSSR count). The van der Waals surface area contributed by atoms with Gasteiger partial charge < -0.3 is 14.8 Å². The van der Waals surface area contributed by atoms with Crippen molar-refractivity contribution < 1.29 is 13.9 Å². The van der Waals surface area contributed by atoms with Crippen molar-refractivity contribution >= 4 is 22.5 Å². The van der Waals surface area contributed by atoms with Gasteiger partial charge in [-0.3, -0.25) is 5.10 Å². The molecular weight excluding hydrogens is 349 g/mol. The Morgan fingerprint density at radius 1 is 1.11 bits per heavy atom. The Bertz CT molecular complexity index is 1080. The minimum Gasteiger partial charge on any atom is -0.493 e. The smallest absolute Gasteiger partial charge is 0.162 e. The van der Waals surface area contributed by atoms with Crippen LogP contribution in [0.4, 0.5) is 15.9 Å². The molecule has 136 valence electrons. The predicted molar refractivity (Wildman–Crippen MR) is 98.7 cm³/mol. The van der Waals surface area contributed by atoms with Crippen LogP contribution in [0.25, 0.3) is 11.0 Å². The number of H-pyrrole nitrogens is 1. The average Bonchev–Trinajstić information content (AvgIpc) is 3.17. The van der Waals surface area contributed by atoms with Gasteiger partial charge >= 0.3 is 0 Å². The lowest BCUT2D eigenvalue weighted by Crippen LogP contribution is -2.00. The van der Waals surface area contributed by atoms with Gasteiger partial charge in [-0.25, -0.2) is 14.4 Å². The molecule has 2 aromatic heterocycles. The van der Waals surface area contributed by atoms with E-state index in [0.29, 0.717) is 23.0 Å². The van der Waals surface area contributed by atoms with E-state index < -0.39 is 0 Å². The van der Waals surface area contributed by atoms with Crippen molar-refractivity contribution in [3.05, 3.63) is 66.4 Å². The molecule has 0 atom stereocenters. The second-order valence-corrected chi connectivity index (χ2v) is 5.76. The minimum atomic E-state index is -0.293. The molecule has 0 aliphatic heterocycles. The maximum Gasteiger partial charge on any atom is 0.162 e. The molecule has 0 spiro atoms. The first-order valence-electron chi connectivity index (χ1n) is 8.19. The number of methoxy groups -OCH3 is 1. The Labute approximate surface area is 154 Å². The molecule has 8 heteroatoms. The summed E-state index contributed by atoms with van der Waals surface area (Å²) in [4.78, 5) is 8.36. The highest BCUT2D eigenvalue weighted by atomic mass is 19.1. The number of halogens is 1. The van der Waals surface area contributed by atoms with E-state index in [2.05, 4.69) is 25.5 Å². The van der Waals surface area contributed by atoms with Gasteiger partial charge in [-0.1, -0.05) is 12.1 Å². The molecule has 7 nitrogen and oxygen atoms in total. The number of aromatic nitrogens is 4. The summed E-state index contributed by atoms with van der Waals surface area (Å²) in [6.45, 7) is 0.239. The second-order valence-electron chi connectivity index (χ2n) is 5.76. The van der Waals surface area contributed by atoms with Crippen molar-refractivity contribution in [2.24, 2.45) is 0 Å². The molecule has 0 aliphatic carbocycles. The lowest BCUT2D eigenvalue weighted by Gasteiger charge is -2.13. The molecule has 0 saturated carbocycles. The summed E-state index contributed by atoms with van der Waals surface area (Å²) >= 11 is 0. The Kier molecular flexibility index (Phi) is 4.52. The van der Waals surface area contributed by atoms with Crippen molar-refractivity contribution in [2.75, 3.05) is 12.4 Å². The number of anilines is 2. The first-order valence-corrected chi connectivity index (χ1v) is 8.19. The number of benzene rings is 2. The van der Waals surface area contributed by atoms with Crippen LogP contribution in [0.1, 0.15) is 5.56 Å². The van der Waals surface area contributed by atoms with E-state index in [1.54, 1.807) is 37.6 Å². The number of nitrogens with zero attached hydrogens (tertiary/aromatic N) is 3. The topological polar surface area (TPSA) is 85.0 Å². The Hall–Kier alpha value is -3.68. The first kappa shape index (κ1) is 16.8. The highest BCUT2D eigenvalue weighted by Gasteiger charge is 2.10. The minimum absolute atomic E-state index is 0.239. The fraction of sp³-hybridized carbons (Fsp3) is 0.105. The van der Waals surface area contributed by atoms with E-state index in [1.165, 1.54) is 18.5 Å². The van der Waals surface area contributed by atoms with Gasteiger partial charge in [0.15, 0.2) is 17.1 Å². The van der Waals surface area contributed by atoms with Crippen LogP contribution >= 0.6 is 0 Å². The molecule has 0 bridgehead atoms. The molecule has 0 unspecified atom stereocenters. The van der Waals surface area contributed by atoms with Crippen LogP contribution in [0, 0.1) is 5.82 Å². The quantitative estimate of drug-likeness (QED) is 0.540. The number of rotatable bonds is 6. The van der Waals surface area contributed by atoms with Crippen LogP contribution in [0.15, 0.2) is 55.0 Å². The van der Waals surface area contributed by atoms with Crippen molar-refractivity contribution in [2.45, 2.75) is 6.61 Å². The van der Waals surface area contributed by atoms with Crippen LogP contribution in [0.3, 0.4) is 0 Å². The summed E-state index contributed by atoms with van der Waals surface area (Å²) in [6.07, 6.45) is 3.11. The van der Waals surface area contributed by atoms with Gasteiger partial charge in [0.05, 0.1) is 18.7 Å². The van der Waals surface area contributed by atoms with Crippen molar-refractivity contribution in [3.8, 4) is 11.5 Å². The standard InChI is InChI=1S/C19H16FN5O2/c1-26-17-8-14(24-18-15-9-23-25-19(15)22-11-21-18)5-6-16(17)27-10-12-3-2-4-13(20)7-12/h2-9,11H,10H2,1H3,(H2,21,22,23,24,25). The van der Waals surface area contributed by atoms with E-state index in [0.717, 1.165) is 16.6 Å². The number of hydrogen-bond acceptors (Lipinski definition) is 6. The molecule has 0 radical (unpaired) electrons. The van der Waals surface area contributed by atoms with Crippen LogP contribution < -0.4 is 14.8 Å². The van der Waals surface area contributed by atoms with Crippen LogP contribution in [-0.4, -0.2) is 27.3 Å². The fourth-order valence-electron chi connectivity index (χ4n) is 2.65. The maximum atomic E-state index is 13.3. The molecule has 2 aromatic carbocycles. The summed E-state index contributed by atoms with van der Waals surface area (Å²) < 4.78 is 24.5. The SMILES string of the molecule is COc1cc(Nc2ncnc3[nH]ncc23)ccc1OCc1cccc(F)c1. The van der Waals surface area contributed by atoms with Gasteiger partial charge in [0.25, 0.3) is 0 Å². The third-order valence-electron chi connectivity index (χ3n) is 3.96. The first-order chi connectivity index (χ1) is 13.2. The van der Waals surface area contributed by atoms with Crippen LogP contribution in [-0.2, 0) is 6.61 Å². The fourth-order valence-corrected chi connectivity index (χ4v) is 2.65. The second kappa shape index (κ2) is 7.28. The molecule has 4 aromatic rings. The number of aromatic amines is 1. The van der Waals surface area contributed by atoms with Crippen LogP contribution in [0.5, 0.6) is 11.5 Å². The predicted octanol–water partition coefficient (Wildman–Crippen LogP) is 3.82. The summed E-state index contributed by atoms with van der Waals surface area (Å²) in [7, 11) is 1.56. The highest BCUT2D eigenvalue weighted by Crippen LogP contribution is 2.32. The molecule has 2 heterocycles. The monoisotopic (exact) mass is 365 g/mol. The molecular formula is C19H16FN5O2. The molecule has 0 saturated heterocycles. The zero-order valence-corrected chi connectivity index (χ0v) is 14.4. The number of nitrogens with one attached hydrogen (secondary N) is 2. The van der Waals surface area contributed by atoms with E-state index in [4.69, 9.17) is 9.47 Å². The van der Waals surface area contributed by atoms with E-state index in [-0.39, 0.29) is 12.4 Å². The third kappa shape index (κ3) is 3.64. The molecule has 2 N–H and O–H groups in total. The molecule has 0 amide bonds. The van der Waals surface area contributed by atoms with Crippen molar-refractivity contribution in [1.82, 2.24) is 20.2 Å². The maximum absolute atomic E-state index is 13.3. The largest absolute Gasteiger partial charge is 0.493 e. The van der Waals surface area contributed by atoms with Gasteiger partial charge in [-0.05, 0) is 29.8 Å². The highest BCUT2D eigenvalue weighted by molar-refractivity contribution is 5.87. The van der Waals surface area contributed by atoms with Crippen LogP contribution in [0.2, 0.25) is 0 Å². The van der Waals surface area contributed by atoms with Crippen molar-refractivity contribution in [1.29, 1.82) is 0 Å². The summed E-state index contributed by atoms with van der Waals surface area (Å²) in [6, 6.07) is 11.7. The van der Waals surface area contributed by atoms with Gasteiger partial charge in [-0.2, -0.15) is 5.10 Å². The normalized spacial score (nSPS) is 10.7. The number of fused-ring (bicyclic) bond motifs is 1. The number of ether oxygens (including phenoxy) is 2. The molecule has 0 aliphatic rings.